The lowest BCUT2D eigenvalue weighted by atomic mass is 9.81. The zero-order chi connectivity index (χ0) is 19.7. The Bertz CT molecular complexity index is 547. The number of ether oxygens (including phenoxy) is 1. The Morgan fingerprint density at radius 1 is 1.04 bits per heavy atom. The Morgan fingerprint density at radius 3 is 2.30 bits per heavy atom. The van der Waals surface area contributed by atoms with Crippen LogP contribution in [0.3, 0.4) is 0 Å². The number of rotatable bonds is 11. The van der Waals surface area contributed by atoms with Crippen molar-refractivity contribution in [2.45, 2.75) is 95.9 Å². The van der Waals surface area contributed by atoms with E-state index in [9.17, 15) is 0 Å². The molecule has 0 unspecified atom stereocenters. The van der Waals surface area contributed by atoms with E-state index in [4.69, 9.17) is 38.0 Å². The molecule has 5 heteroatoms. The van der Waals surface area contributed by atoms with Gasteiger partial charge in [0.25, 0.3) is 0 Å². The molecule has 0 amide bonds. The summed E-state index contributed by atoms with van der Waals surface area (Å²) in [6, 6.07) is 5.08. The Morgan fingerprint density at radius 2 is 1.70 bits per heavy atom. The highest BCUT2D eigenvalue weighted by atomic mass is 35.8. The smallest absolute Gasteiger partial charge is 0.341 e. The van der Waals surface area contributed by atoms with Crippen molar-refractivity contribution in [2.75, 3.05) is 6.61 Å². The van der Waals surface area contributed by atoms with Gasteiger partial charge < -0.3 is 4.74 Å². The van der Waals surface area contributed by atoms with Crippen molar-refractivity contribution in [2.24, 2.45) is 0 Å². The van der Waals surface area contributed by atoms with Crippen LogP contribution in [0.1, 0.15) is 101 Å². The van der Waals surface area contributed by atoms with Gasteiger partial charge in [-0.1, -0.05) is 58.1 Å². The molecular formula is C22H35Cl3OSi. The fraction of sp³-hybridized carbons (Fsp3) is 0.727. The summed E-state index contributed by atoms with van der Waals surface area (Å²) in [6.07, 6.45) is 12.4. The normalized spacial score (nSPS) is 16.1. The summed E-state index contributed by atoms with van der Waals surface area (Å²) in [7, 11) is 0. The van der Waals surface area contributed by atoms with Gasteiger partial charge in [-0.15, -0.1) is 33.2 Å². The molecule has 1 aromatic rings. The maximum atomic E-state index is 6.19. The maximum absolute atomic E-state index is 6.19. The molecule has 0 aliphatic heterocycles. The van der Waals surface area contributed by atoms with E-state index < -0.39 is 6.00 Å². The van der Waals surface area contributed by atoms with E-state index in [-0.39, 0.29) is 0 Å². The zero-order valence-corrected chi connectivity index (χ0v) is 20.2. The molecule has 27 heavy (non-hydrogen) atoms. The lowest BCUT2D eigenvalue weighted by Crippen LogP contribution is -2.12. The summed E-state index contributed by atoms with van der Waals surface area (Å²) >= 11 is 18.0. The molecule has 1 saturated carbocycles. The summed E-state index contributed by atoms with van der Waals surface area (Å²) in [5.74, 6) is 2.37. The Labute approximate surface area is 181 Å². The Balaban J connectivity index is 2.15. The van der Waals surface area contributed by atoms with Crippen molar-refractivity contribution < 1.29 is 4.74 Å². The van der Waals surface area contributed by atoms with Gasteiger partial charge in [0.2, 0.25) is 0 Å². The molecule has 1 aromatic carbocycles. The van der Waals surface area contributed by atoms with E-state index in [2.05, 4.69) is 32.0 Å². The van der Waals surface area contributed by atoms with Gasteiger partial charge in [-0.2, -0.15) is 0 Å². The lowest BCUT2D eigenvalue weighted by Gasteiger charge is -2.26. The maximum Gasteiger partial charge on any atom is 0.341 e. The lowest BCUT2D eigenvalue weighted by molar-refractivity contribution is 0.307. The van der Waals surface area contributed by atoms with Crippen LogP contribution in [0, 0.1) is 0 Å². The van der Waals surface area contributed by atoms with Gasteiger partial charge in [-0.25, -0.2) is 0 Å². The molecule has 0 bridgehead atoms. The van der Waals surface area contributed by atoms with Crippen molar-refractivity contribution in [1.82, 2.24) is 0 Å². The average molecular weight is 450 g/mol. The number of hydrogen-bond donors (Lipinski definition) is 0. The largest absolute Gasteiger partial charge is 0.493 e. The highest BCUT2D eigenvalue weighted by Crippen LogP contribution is 2.40. The molecule has 0 heterocycles. The molecule has 0 radical (unpaired) electrons. The first-order chi connectivity index (χ1) is 12.9. The summed E-state index contributed by atoms with van der Waals surface area (Å²) < 4.78 is 6.19. The molecular weight excluding hydrogens is 415 g/mol. The molecule has 0 saturated heterocycles. The van der Waals surface area contributed by atoms with E-state index in [1.54, 1.807) is 0 Å². The number of hydrogen-bond acceptors (Lipinski definition) is 1. The van der Waals surface area contributed by atoms with Crippen LogP contribution in [0.2, 0.25) is 6.04 Å². The third-order valence-electron chi connectivity index (χ3n) is 5.69. The minimum atomic E-state index is -2.55. The molecule has 1 fully saturated rings. The van der Waals surface area contributed by atoms with Gasteiger partial charge in [-0.3, -0.25) is 0 Å². The van der Waals surface area contributed by atoms with E-state index in [0.717, 1.165) is 12.2 Å². The van der Waals surface area contributed by atoms with Crippen molar-refractivity contribution in [3.05, 3.63) is 29.3 Å². The monoisotopic (exact) mass is 448 g/mol. The first-order valence-corrected chi connectivity index (χ1v) is 16.0. The van der Waals surface area contributed by atoms with Crippen LogP contribution in [0.15, 0.2) is 18.2 Å². The van der Waals surface area contributed by atoms with Gasteiger partial charge in [0.05, 0.1) is 6.61 Å². The summed E-state index contributed by atoms with van der Waals surface area (Å²) in [5, 5.41) is 0. The fourth-order valence-corrected chi connectivity index (χ4v) is 6.06. The molecule has 0 spiro atoms. The molecule has 2 rings (SSSR count). The van der Waals surface area contributed by atoms with Crippen molar-refractivity contribution in [3.8, 4) is 5.75 Å². The molecule has 0 aromatic heterocycles. The average Bonchev–Trinajstić information content (AvgIpc) is 2.65. The quantitative estimate of drug-likeness (QED) is 0.186. The van der Waals surface area contributed by atoms with E-state index >= 15 is 0 Å². The van der Waals surface area contributed by atoms with E-state index in [1.165, 1.54) is 68.9 Å². The molecule has 0 N–H and O–H groups in total. The van der Waals surface area contributed by atoms with Crippen LogP contribution in [0.4, 0.5) is 0 Å². The topological polar surface area (TPSA) is 9.23 Å². The van der Waals surface area contributed by atoms with E-state index in [0.29, 0.717) is 24.5 Å². The van der Waals surface area contributed by atoms with Gasteiger partial charge in [0.1, 0.15) is 5.75 Å². The van der Waals surface area contributed by atoms with E-state index in [1.807, 2.05) is 0 Å². The standard InChI is InChI=1S/C22H35Cl3OSi/c1-3-9-18(10-4-2)20-13-14-22(26-15-8-16-27(23,24)25)21(17-20)19-11-6-5-7-12-19/h13-14,17-19H,3-12,15-16H2,1-2H3. The highest BCUT2D eigenvalue weighted by molar-refractivity contribution is 7.64. The van der Waals surface area contributed by atoms with Crippen molar-refractivity contribution in [1.29, 1.82) is 0 Å². The van der Waals surface area contributed by atoms with Crippen LogP contribution in [-0.2, 0) is 0 Å². The molecule has 154 valence electrons. The predicted molar refractivity (Wildman–Crippen MR) is 123 cm³/mol. The molecule has 1 nitrogen and oxygen atoms in total. The van der Waals surface area contributed by atoms with Gasteiger partial charge in [0.15, 0.2) is 0 Å². The minimum Gasteiger partial charge on any atom is -0.493 e. The van der Waals surface area contributed by atoms with Crippen LogP contribution in [0.5, 0.6) is 5.75 Å². The molecule has 1 aliphatic carbocycles. The Hall–Kier alpha value is 0.107. The van der Waals surface area contributed by atoms with Gasteiger partial charge in [-0.05, 0) is 67.2 Å². The number of halogens is 3. The van der Waals surface area contributed by atoms with Gasteiger partial charge >= 0.3 is 6.00 Å². The number of benzene rings is 1. The SMILES string of the molecule is CCCC(CCC)c1ccc(OCCC[Si](Cl)(Cl)Cl)c(C2CCCCC2)c1. The zero-order valence-electron chi connectivity index (χ0n) is 16.9. The summed E-state index contributed by atoms with van der Waals surface area (Å²) in [6.45, 7) is 5.21. The second kappa shape index (κ2) is 12.0. The fourth-order valence-electron chi connectivity index (χ4n) is 4.31. The highest BCUT2D eigenvalue weighted by Gasteiger charge is 2.25. The minimum absolute atomic E-state index is 0.632. The summed E-state index contributed by atoms with van der Waals surface area (Å²) in [5.41, 5.74) is 2.93. The van der Waals surface area contributed by atoms with Crippen LogP contribution >= 0.6 is 33.2 Å². The first-order valence-electron chi connectivity index (χ1n) is 10.8. The molecule has 1 aliphatic rings. The second-order valence-corrected chi connectivity index (χ2v) is 17.3. The van der Waals surface area contributed by atoms with Crippen LogP contribution < -0.4 is 4.74 Å². The predicted octanol–water partition coefficient (Wildman–Crippen LogP) is 8.84. The van der Waals surface area contributed by atoms with Crippen molar-refractivity contribution in [3.63, 3.8) is 0 Å². The van der Waals surface area contributed by atoms with Gasteiger partial charge in [0, 0.05) is 0 Å². The van der Waals surface area contributed by atoms with Crippen molar-refractivity contribution >= 4 is 39.2 Å². The second-order valence-electron chi connectivity index (χ2n) is 7.97. The van der Waals surface area contributed by atoms with Crippen LogP contribution in [-0.4, -0.2) is 12.6 Å². The Kier molecular flexibility index (Phi) is 10.4. The summed E-state index contributed by atoms with van der Waals surface area (Å²) in [4.78, 5) is 0. The molecule has 0 atom stereocenters. The first kappa shape index (κ1) is 23.4. The third kappa shape index (κ3) is 8.16. The third-order valence-corrected chi connectivity index (χ3v) is 8.31. The van der Waals surface area contributed by atoms with Crippen LogP contribution in [0.25, 0.3) is 0 Å².